The van der Waals surface area contributed by atoms with Crippen molar-refractivity contribution in [1.29, 1.82) is 0 Å². The predicted molar refractivity (Wildman–Crippen MR) is 109 cm³/mol. The molecule has 2 aromatic heterocycles. The van der Waals surface area contributed by atoms with Crippen molar-refractivity contribution in [2.75, 3.05) is 14.2 Å². The Kier molecular flexibility index (Phi) is 4.80. The van der Waals surface area contributed by atoms with Crippen LogP contribution in [0.4, 0.5) is 0 Å². The van der Waals surface area contributed by atoms with E-state index in [2.05, 4.69) is 4.98 Å². The molecular formula is C22H20N2O5. The van der Waals surface area contributed by atoms with Crippen LogP contribution in [0.3, 0.4) is 0 Å². The van der Waals surface area contributed by atoms with Gasteiger partial charge in [0.05, 0.1) is 25.5 Å². The number of rotatable bonds is 4. The summed E-state index contributed by atoms with van der Waals surface area (Å²) in [7, 11) is 3.20. The first-order valence-electron chi connectivity index (χ1n) is 9.23. The molecule has 0 saturated heterocycles. The SMILES string of the molecule is COc1ccc(/C=C2/CCCc3c2nc2ccc(C(=O)O)cn2c3=O)c(OC)c1. The second kappa shape index (κ2) is 7.43. The Morgan fingerprint density at radius 1 is 1.17 bits per heavy atom. The standard InChI is InChI=1S/C22H20N2O5/c1-28-16-8-6-13(18(11-16)29-2)10-14-4-3-5-17-20(14)23-19-9-7-15(22(26)27)12-24(19)21(17)25/h6-12H,3-5H2,1-2H3,(H,26,27)/b14-10-. The molecule has 0 aliphatic heterocycles. The number of ether oxygens (including phenoxy) is 2. The van der Waals surface area contributed by atoms with Gasteiger partial charge in [-0.3, -0.25) is 9.20 Å². The van der Waals surface area contributed by atoms with Gasteiger partial charge in [0.1, 0.15) is 17.1 Å². The zero-order valence-corrected chi connectivity index (χ0v) is 16.1. The number of carbonyl (C=O) groups is 1. The summed E-state index contributed by atoms with van der Waals surface area (Å²) in [6, 6.07) is 8.59. The number of carboxylic acid groups (broad SMARTS) is 1. The molecule has 0 amide bonds. The Hall–Kier alpha value is -3.61. The lowest BCUT2D eigenvalue weighted by atomic mass is 9.90. The smallest absolute Gasteiger partial charge is 0.337 e. The molecule has 0 fully saturated rings. The molecule has 0 spiro atoms. The number of benzene rings is 1. The fourth-order valence-corrected chi connectivity index (χ4v) is 3.63. The molecule has 0 saturated carbocycles. The Morgan fingerprint density at radius 3 is 2.72 bits per heavy atom. The number of allylic oxidation sites excluding steroid dienone is 1. The van der Waals surface area contributed by atoms with Gasteiger partial charge in [-0.25, -0.2) is 9.78 Å². The first-order chi connectivity index (χ1) is 14.0. The summed E-state index contributed by atoms with van der Waals surface area (Å²) < 4.78 is 12.0. The molecule has 0 atom stereocenters. The van der Waals surface area contributed by atoms with E-state index < -0.39 is 5.97 Å². The molecule has 7 heteroatoms. The molecule has 1 aliphatic carbocycles. The molecule has 2 heterocycles. The van der Waals surface area contributed by atoms with E-state index in [0.29, 0.717) is 34.8 Å². The normalized spacial score (nSPS) is 14.6. The number of aromatic nitrogens is 2. The van der Waals surface area contributed by atoms with Crippen molar-refractivity contribution in [3.8, 4) is 11.5 Å². The van der Waals surface area contributed by atoms with E-state index in [1.165, 1.54) is 16.7 Å². The molecule has 1 aromatic carbocycles. The number of hydrogen-bond acceptors (Lipinski definition) is 5. The zero-order chi connectivity index (χ0) is 20.5. The summed E-state index contributed by atoms with van der Waals surface area (Å²) in [6.45, 7) is 0. The van der Waals surface area contributed by atoms with E-state index in [0.717, 1.165) is 24.0 Å². The van der Waals surface area contributed by atoms with Crippen molar-refractivity contribution in [3.05, 3.63) is 69.3 Å². The number of fused-ring (bicyclic) bond motifs is 2. The Bertz CT molecular complexity index is 1210. The third kappa shape index (κ3) is 3.35. The van der Waals surface area contributed by atoms with Gasteiger partial charge in [0.15, 0.2) is 0 Å². The topological polar surface area (TPSA) is 90.1 Å². The van der Waals surface area contributed by atoms with Crippen molar-refractivity contribution < 1.29 is 19.4 Å². The van der Waals surface area contributed by atoms with Crippen molar-refractivity contribution in [1.82, 2.24) is 9.38 Å². The summed E-state index contributed by atoms with van der Waals surface area (Å²) in [6.07, 6.45) is 5.54. The molecule has 148 valence electrons. The molecule has 0 bridgehead atoms. The Balaban J connectivity index is 1.88. The number of hydrogen-bond donors (Lipinski definition) is 1. The summed E-state index contributed by atoms with van der Waals surface area (Å²) in [5.74, 6) is 0.293. The third-order valence-corrected chi connectivity index (χ3v) is 5.11. The largest absolute Gasteiger partial charge is 0.497 e. The van der Waals surface area contributed by atoms with Crippen molar-refractivity contribution in [3.63, 3.8) is 0 Å². The molecule has 1 N–H and O–H groups in total. The number of methoxy groups -OCH3 is 2. The van der Waals surface area contributed by atoms with Gasteiger partial charge in [0.25, 0.3) is 5.56 Å². The monoisotopic (exact) mass is 392 g/mol. The lowest BCUT2D eigenvalue weighted by molar-refractivity contribution is 0.0696. The predicted octanol–water partition coefficient (Wildman–Crippen LogP) is 3.29. The lowest BCUT2D eigenvalue weighted by Gasteiger charge is -2.19. The lowest BCUT2D eigenvalue weighted by Crippen LogP contribution is -2.25. The van der Waals surface area contributed by atoms with Crippen LogP contribution in [0.15, 0.2) is 41.3 Å². The van der Waals surface area contributed by atoms with Gasteiger partial charge in [0.2, 0.25) is 0 Å². The van der Waals surface area contributed by atoms with E-state index in [1.807, 2.05) is 24.3 Å². The van der Waals surface area contributed by atoms with Crippen molar-refractivity contribution >= 4 is 23.3 Å². The van der Waals surface area contributed by atoms with Crippen LogP contribution in [0.2, 0.25) is 0 Å². The minimum absolute atomic E-state index is 0.0518. The van der Waals surface area contributed by atoms with Gasteiger partial charge in [-0.1, -0.05) is 0 Å². The van der Waals surface area contributed by atoms with E-state index in [-0.39, 0.29) is 11.1 Å². The fraction of sp³-hybridized carbons (Fsp3) is 0.227. The number of aromatic carboxylic acids is 1. The molecule has 0 radical (unpaired) electrons. The quantitative estimate of drug-likeness (QED) is 0.733. The maximum Gasteiger partial charge on any atom is 0.337 e. The average molecular weight is 392 g/mol. The molecular weight excluding hydrogens is 372 g/mol. The van der Waals surface area contributed by atoms with E-state index >= 15 is 0 Å². The first kappa shape index (κ1) is 18.7. The zero-order valence-electron chi connectivity index (χ0n) is 16.1. The Labute approximate surface area is 166 Å². The van der Waals surface area contributed by atoms with E-state index in [4.69, 9.17) is 9.47 Å². The highest BCUT2D eigenvalue weighted by molar-refractivity contribution is 5.88. The van der Waals surface area contributed by atoms with Crippen molar-refractivity contribution in [2.24, 2.45) is 0 Å². The minimum Gasteiger partial charge on any atom is -0.497 e. The Morgan fingerprint density at radius 2 is 2.00 bits per heavy atom. The summed E-state index contributed by atoms with van der Waals surface area (Å²) >= 11 is 0. The van der Waals surface area contributed by atoms with Gasteiger partial charge in [-0.15, -0.1) is 0 Å². The van der Waals surface area contributed by atoms with Crippen LogP contribution >= 0.6 is 0 Å². The van der Waals surface area contributed by atoms with Crippen LogP contribution in [-0.2, 0) is 6.42 Å². The minimum atomic E-state index is -1.08. The second-order valence-corrected chi connectivity index (χ2v) is 6.83. The first-order valence-corrected chi connectivity index (χ1v) is 9.23. The number of carboxylic acids is 1. The average Bonchev–Trinajstić information content (AvgIpc) is 2.74. The second-order valence-electron chi connectivity index (χ2n) is 6.83. The highest BCUT2D eigenvalue weighted by Crippen LogP contribution is 2.33. The van der Waals surface area contributed by atoms with E-state index in [9.17, 15) is 14.7 Å². The van der Waals surface area contributed by atoms with Crippen LogP contribution in [0.1, 0.15) is 40.0 Å². The highest BCUT2D eigenvalue weighted by atomic mass is 16.5. The van der Waals surface area contributed by atoms with Gasteiger partial charge < -0.3 is 14.6 Å². The molecule has 3 aromatic rings. The van der Waals surface area contributed by atoms with Crippen LogP contribution < -0.4 is 15.0 Å². The van der Waals surface area contributed by atoms with Crippen LogP contribution in [0.5, 0.6) is 11.5 Å². The summed E-state index contributed by atoms with van der Waals surface area (Å²) in [5.41, 5.74) is 3.36. The molecule has 0 unspecified atom stereocenters. The summed E-state index contributed by atoms with van der Waals surface area (Å²) in [4.78, 5) is 28.9. The van der Waals surface area contributed by atoms with Crippen LogP contribution in [0, 0.1) is 0 Å². The maximum absolute atomic E-state index is 13.0. The van der Waals surface area contributed by atoms with Gasteiger partial charge >= 0.3 is 5.97 Å². The molecule has 1 aliphatic rings. The van der Waals surface area contributed by atoms with Crippen LogP contribution in [-0.4, -0.2) is 34.7 Å². The van der Waals surface area contributed by atoms with Crippen molar-refractivity contribution in [2.45, 2.75) is 19.3 Å². The molecule has 7 nitrogen and oxygen atoms in total. The molecule has 4 rings (SSSR count). The van der Waals surface area contributed by atoms with Gasteiger partial charge in [-0.05, 0) is 55.2 Å². The third-order valence-electron chi connectivity index (χ3n) is 5.11. The van der Waals surface area contributed by atoms with Crippen LogP contribution in [0.25, 0.3) is 17.3 Å². The highest BCUT2D eigenvalue weighted by Gasteiger charge is 2.21. The number of nitrogens with zero attached hydrogens (tertiary/aromatic N) is 2. The summed E-state index contributed by atoms with van der Waals surface area (Å²) in [5, 5.41) is 9.20. The fourth-order valence-electron chi connectivity index (χ4n) is 3.63. The van der Waals surface area contributed by atoms with E-state index in [1.54, 1.807) is 20.3 Å². The van der Waals surface area contributed by atoms with Gasteiger partial charge in [0, 0.05) is 23.4 Å². The number of pyridine rings is 1. The maximum atomic E-state index is 13.0. The van der Waals surface area contributed by atoms with Gasteiger partial charge in [-0.2, -0.15) is 0 Å². The molecule has 29 heavy (non-hydrogen) atoms.